The van der Waals surface area contributed by atoms with Crippen LogP contribution in [-0.4, -0.2) is 8.42 Å². The Morgan fingerprint density at radius 2 is 1.71 bits per heavy atom. The Morgan fingerprint density at radius 1 is 1.05 bits per heavy atom. The van der Waals surface area contributed by atoms with E-state index in [4.69, 9.17) is 40.5 Å². The number of hydrogen-bond acceptors (Lipinski definition) is 3. The van der Waals surface area contributed by atoms with E-state index in [1.807, 2.05) is 0 Å². The molecule has 4 nitrogen and oxygen atoms in total. The number of sulfonamides is 1. The number of halogens is 4. The molecule has 3 N–H and O–H groups in total. The highest BCUT2D eigenvalue weighted by Gasteiger charge is 2.21. The predicted molar refractivity (Wildman–Crippen MR) is 83.1 cm³/mol. The molecule has 0 heterocycles. The summed E-state index contributed by atoms with van der Waals surface area (Å²) < 4.78 is 40.0. The summed E-state index contributed by atoms with van der Waals surface area (Å²) in [5, 5.41) is 0.142. The molecular weight excluding hydrogens is 362 g/mol. The molecule has 2 aromatic carbocycles. The zero-order valence-electron chi connectivity index (χ0n) is 10.2. The summed E-state index contributed by atoms with van der Waals surface area (Å²) >= 11 is 17.4. The SMILES string of the molecule is Nc1cc(S(=O)(=O)Nc2cc(Cl)ccc2Cl)c(Cl)cc1F. The van der Waals surface area contributed by atoms with Crippen LogP contribution < -0.4 is 10.5 Å². The van der Waals surface area contributed by atoms with Crippen molar-refractivity contribution in [3.8, 4) is 0 Å². The largest absolute Gasteiger partial charge is 0.396 e. The minimum atomic E-state index is -4.09. The van der Waals surface area contributed by atoms with Gasteiger partial charge in [-0.3, -0.25) is 4.72 Å². The van der Waals surface area contributed by atoms with Gasteiger partial charge in [-0.1, -0.05) is 34.8 Å². The van der Waals surface area contributed by atoms with Crippen molar-refractivity contribution < 1.29 is 12.8 Å². The minimum Gasteiger partial charge on any atom is -0.396 e. The van der Waals surface area contributed by atoms with Gasteiger partial charge in [0.1, 0.15) is 10.7 Å². The molecule has 0 bridgehead atoms. The van der Waals surface area contributed by atoms with Gasteiger partial charge < -0.3 is 5.73 Å². The molecule has 0 atom stereocenters. The van der Waals surface area contributed by atoms with Gasteiger partial charge in [0.2, 0.25) is 0 Å². The van der Waals surface area contributed by atoms with Crippen LogP contribution >= 0.6 is 34.8 Å². The highest BCUT2D eigenvalue weighted by atomic mass is 35.5. The molecule has 2 aromatic rings. The van der Waals surface area contributed by atoms with Gasteiger partial charge in [-0.2, -0.15) is 0 Å². The molecule has 2 rings (SSSR count). The van der Waals surface area contributed by atoms with E-state index in [9.17, 15) is 12.8 Å². The lowest BCUT2D eigenvalue weighted by molar-refractivity contribution is 0.600. The van der Waals surface area contributed by atoms with Gasteiger partial charge in [-0.25, -0.2) is 12.8 Å². The van der Waals surface area contributed by atoms with E-state index in [1.165, 1.54) is 18.2 Å². The van der Waals surface area contributed by atoms with Crippen LogP contribution in [0.2, 0.25) is 15.1 Å². The minimum absolute atomic E-state index is 0.0723. The van der Waals surface area contributed by atoms with Crippen LogP contribution in [0.25, 0.3) is 0 Å². The first-order valence-corrected chi connectivity index (χ1v) is 8.05. The van der Waals surface area contributed by atoms with Crippen LogP contribution in [0.1, 0.15) is 0 Å². The Hall–Kier alpha value is -1.21. The molecule has 0 amide bonds. The Morgan fingerprint density at radius 3 is 2.38 bits per heavy atom. The van der Waals surface area contributed by atoms with Crippen molar-refractivity contribution in [2.75, 3.05) is 10.5 Å². The lowest BCUT2D eigenvalue weighted by atomic mass is 10.3. The van der Waals surface area contributed by atoms with E-state index in [-0.39, 0.29) is 26.3 Å². The molecule has 0 radical (unpaired) electrons. The van der Waals surface area contributed by atoms with Gasteiger partial charge in [0, 0.05) is 5.02 Å². The summed E-state index contributed by atoms with van der Waals surface area (Å²) in [4.78, 5) is -0.362. The van der Waals surface area contributed by atoms with Gasteiger partial charge in [-0.05, 0) is 30.3 Å². The quantitative estimate of drug-likeness (QED) is 0.798. The van der Waals surface area contributed by atoms with Crippen molar-refractivity contribution in [2.24, 2.45) is 0 Å². The third-order valence-corrected chi connectivity index (χ3v) is 4.91. The molecule has 0 fully saturated rings. The second-order valence-electron chi connectivity index (χ2n) is 4.03. The van der Waals surface area contributed by atoms with E-state index >= 15 is 0 Å². The van der Waals surface area contributed by atoms with Gasteiger partial charge in [-0.15, -0.1) is 0 Å². The fourth-order valence-electron chi connectivity index (χ4n) is 1.53. The molecule has 0 saturated heterocycles. The lowest BCUT2D eigenvalue weighted by Gasteiger charge is -2.12. The van der Waals surface area contributed by atoms with E-state index in [0.717, 1.165) is 12.1 Å². The maximum atomic E-state index is 13.2. The molecule has 21 heavy (non-hydrogen) atoms. The number of nitrogens with two attached hydrogens (primary N) is 1. The third kappa shape index (κ3) is 3.52. The first kappa shape index (κ1) is 16.2. The second-order valence-corrected chi connectivity index (χ2v) is 6.94. The molecular formula is C12H8Cl3FN2O2S. The summed E-state index contributed by atoms with van der Waals surface area (Å²) in [5.41, 5.74) is 5.10. The fraction of sp³-hybridized carbons (Fsp3) is 0. The predicted octanol–water partition coefficient (Wildman–Crippen LogP) is 4.17. The van der Waals surface area contributed by atoms with Crippen LogP contribution in [0.15, 0.2) is 35.2 Å². The number of anilines is 2. The van der Waals surface area contributed by atoms with Gasteiger partial charge in [0.05, 0.1) is 21.4 Å². The standard InChI is InChI=1S/C12H8Cl3FN2O2S/c13-6-1-2-7(14)11(3-6)18-21(19,20)12-5-10(17)9(16)4-8(12)15/h1-5,18H,17H2. The van der Waals surface area contributed by atoms with Crippen LogP contribution in [0.4, 0.5) is 15.8 Å². The summed E-state index contributed by atoms with van der Waals surface area (Å²) in [6, 6.07) is 6.03. The van der Waals surface area contributed by atoms with Gasteiger partial charge in [0.15, 0.2) is 0 Å². The van der Waals surface area contributed by atoms with E-state index in [2.05, 4.69) is 4.72 Å². The second kappa shape index (κ2) is 5.88. The molecule has 0 aliphatic heterocycles. The summed E-state index contributed by atoms with van der Waals surface area (Å²) in [6.45, 7) is 0. The van der Waals surface area contributed by atoms with Crippen molar-refractivity contribution in [1.29, 1.82) is 0 Å². The van der Waals surface area contributed by atoms with Crippen molar-refractivity contribution in [1.82, 2.24) is 0 Å². The van der Waals surface area contributed by atoms with E-state index in [0.29, 0.717) is 5.02 Å². The van der Waals surface area contributed by atoms with Crippen LogP contribution in [0, 0.1) is 5.82 Å². The molecule has 9 heteroatoms. The highest BCUT2D eigenvalue weighted by molar-refractivity contribution is 7.92. The zero-order valence-corrected chi connectivity index (χ0v) is 13.3. The monoisotopic (exact) mass is 368 g/mol. The Bertz CT molecular complexity index is 812. The third-order valence-electron chi connectivity index (χ3n) is 2.51. The normalized spacial score (nSPS) is 11.4. The molecule has 0 spiro atoms. The average molecular weight is 370 g/mol. The Balaban J connectivity index is 2.48. The molecule has 0 unspecified atom stereocenters. The van der Waals surface area contributed by atoms with Crippen molar-refractivity contribution >= 4 is 56.2 Å². The Labute approximate surface area is 135 Å². The van der Waals surface area contributed by atoms with Crippen molar-refractivity contribution in [3.05, 3.63) is 51.2 Å². The number of nitrogen functional groups attached to an aromatic ring is 1. The van der Waals surface area contributed by atoms with Crippen LogP contribution in [0.5, 0.6) is 0 Å². The Kier molecular flexibility index (Phi) is 4.53. The zero-order chi connectivity index (χ0) is 15.8. The van der Waals surface area contributed by atoms with E-state index in [1.54, 1.807) is 0 Å². The molecule has 0 aliphatic carbocycles. The lowest BCUT2D eigenvalue weighted by Crippen LogP contribution is -2.14. The first-order valence-electron chi connectivity index (χ1n) is 5.43. The van der Waals surface area contributed by atoms with E-state index < -0.39 is 15.8 Å². The summed E-state index contributed by atoms with van der Waals surface area (Å²) in [7, 11) is -4.09. The van der Waals surface area contributed by atoms with Gasteiger partial charge in [0.25, 0.3) is 10.0 Å². The fourth-order valence-corrected chi connectivity index (χ4v) is 3.54. The van der Waals surface area contributed by atoms with Crippen molar-refractivity contribution in [2.45, 2.75) is 4.90 Å². The maximum absolute atomic E-state index is 13.2. The van der Waals surface area contributed by atoms with Gasteiger partial charge >= 0.3 is 0 Å². The number of rotatable bonds is 3. The van der Waals surface area contributed by atoms with Crippen LogP contribution in [0.3, 0.4) is 0 Å². The number of hydrogen-bond donors (Lipinski definition) is 2. The van der Waals surface area contributed by atoms with Crippen LogP contribution in [-0.2, 0) is 10.0 Å². The number of nitrogens with one attached hydrogen (secondary N) is 1. The summed E-state index contributed by atoms with van der Waals surface area (Å²) in [6.07, 6.45) is 0. The first-order chi connectivity index (χ1) is 9.70. The average Bonchev–Trinajstić information content (AvgIpc) is 2.37. The molecule has 112 valence electrons. The topological polar surface area (TPSA) is 72.2 Å². The molecule has 0 saturated carbocycles. The molecule has 0 aromatic heterocycles. The summed E-state index contributed by atoms with van der Waals surface area (Å²) in [5.74, 6) is -0.806. The highest BCUT2D eigenvalue weighted by Crippen LogP contribution is 2.31. The van der Waals surface area contributed by atoms with Crippen molar-refractivity contribution in [3.63, 3.8) is 0 Å². The number of benzene rings is 2. The maximum Gasteiger partial charge on any atom is 0.263 e. The molecule has 0 aliphatic rings. The smallest absolute Gasteiger partial charge is 0.263 e.